The van der Waals surface area contributed by atoms with E-state index in [2.05, 4.69) is 22.2 Å². The highest BCUT2D eigenvalue weighted by molar-refractivity contribution is 6.31. The first kappa shape index (κ1) is 17.7. The van der Waals surface area contributed by atoms with Gasteiger partial charge in [0.1, 0.15) is 11.0 Å². The number of carbonyl (C=O) groups is 1. The van der Waals surface area contributed by atoms with Crippen molar-refractivity contribution < 1.29 is 9.18 Å². The third kappa shape index (κ3) is 5.16. The Morgan fingerprint density at radius 1 is 1.52 bits per heavy atom. The first-order chi connectivity index (χ1) is 11.0. The molecule has 122 valence electrons. The van der Waals surface area contributed by atoms with Gasteiger partial charge in [0, 0.05) is 22.8 Å². The summed E-state index contributed by atoms with van der Waals surface area (Å²) in [5.74, 6) is -1.29. The highest BCUT2D eigenvalue weighted by Crippen LogP contribution is 2.26. The smallest absolute Gasteiger partial charge is 0.242 e. The summed E-state index contributed by atoms with van der Waals surface area (Å²) in [6, 6.07) is 6.14. The second-order valence-electron chi connectivity index (χ2n) is 5.03. The molecule has 0 aliphatic carbocycles. The lowest BCUT2D eigenvalue weighted by Crippen LogP contribution is -2.40. The molecule has 0 spiro atoms. The molecule has 1 saturated heterocycles. The number of anilines is 1. The molecule has 1 aromatic carbocycles. The molecule has 7 heteroatoms. The standard InChI is InChI=1S/C16H16Cl2FN3O/c1-10(17)20-8-6-14(19)13-5-7-21-15(13)16(23)22-12-4-2-3-11(18)9-12/h2-4,6,8-9,13,15,21H,1,5,7H2,(H,22,23)/b14-6-,20-8-. The van der Waals surface area contributed by atoms with Gasteiger partial charge in [-0.25, -0.2) is 9.38 Å². The second kappa shape index (κ2) is 8.24. The van der Waals surface area contributed by atoms with Crippen LogP contribution in [0.25, 0.3) is 0 Å². The molecule has 0 saturated carbocycles. The van der Waals surface area contributed by atoms with E-state index in [1.54, 1.807) is 24.3 Å². The van der Waals surface area contributed by atoms with E-state index in [4.69, 9.17) is 23.2 Å². The van der Waals surface area contributed by atoms with Gasteiger partial charge < -0.3 is 10.6 Å². The maximum Gasteiger partial charge on any atom is 0.242 e. The summed E-state index contributed by atoms with van der Waals surface area (Å²) >= 11 is 11.4. The molecule has 0 aromatic heterocycles. The average Bonchev–Trinajstić information content (AvgIpc) is 2.96. The molecule has 0 bridgehead atoms. The SMILES string of the molecule is C=C(Cl)/N=C\C=C(/F)C1CCNC1C(=O)Nc1cccc(Cl)c1. The number of hydrogen-bond donors (Lipinski definition) is 2. The summed E-state index contributed by atoms with van der Waals surface area (Å²) in [7, 11) is 0. The summed E-state index contributed by atoms with van der Waals surface area (Å²) in [6.45, 7) is 3.93. The predicted octanol–water partition coefficient (Wildman–Crippen LogP) is 3.89. The first-order valence-corrected chi connectivity index (χ1v) is 7.77. The molecular weight excluding hydrogens is 340 g/mol. The van der Waals surface area contributed by atoms with E-state index in [1.807, 2.05) is 0 Å². The van der Waals surface area contributed by atoms with Crippen molar-refractivity contribution >= 4 is 41.0 Å². The molecule has 1 amide bonds. The zero-order chi connectivity index (χ0) is 16.8. The zero-order valence-electron chi connectivity index (χ0n) is 12.2. The molecule has 0 radical (unpaired) electrons. The Morgan fingerprint density at radius 2 is 2.30 bits per heavy atom. The Kier molecular flexibility index (Phi) is 6.33. The number of hydrogen-bond acceptors (Lipinski definition) is 3. The molecule has 2 N–H and O–H groups in total. The number of allylic oxidation sites excluding steroid dienone is 1. The van der Waals surface area contributed by atoms with Crippen LogP contribution in [0.4, 0.5) is 10.1 Å². The van der Waals surface area contributed by atoms with Gasteiger partial charge in [0.15, 0.2) is 0 Å². The number of rotatable bonds is 5. The van der Waals surface area contributed by atoms with Gasteiger partial charge >= 0.3 is 0 Å². The van der Waals surface area contributed by atoms with E-state index in [9.17, 15) is 9.18 Å². The van der Waals surface area contributed by atoms with Crippen LogP contribution in [0, 0.1) is 5.92 Å². The largest absolute Gasteiger partial charge is 0.325 e. The monoisotopic (exact) mass is 355 g/mol. The number of nitrogens with zero attached hydrogens (tertiary/aromatic N) is 1. The molecule has 4 nitrogen and oxygen atoms in total. The lowest BCUT2D eigenvalue weighted by molar-refractivity contribution is -0.118. The number of nitrogens with one attached hydrogen (secondary N) is 2. The quantitative estimate of drug-likeness (QED) is 0.621. The third-order valence-electron chi connectivity index (χ3n) is 3.40. The van der Waals surface area contributed by atoms with Crippen molar-refractivity contribution in [2.75, 3.05) is 11.9 Å². The predicted molar refractivity (Wildman–Crippen MR) is 92.7 cm³/mol. The Labute approximate surface area is 144 Å². The number of halogens is 3. The Morgan fingerprint density at radius 3 is 3.00 bits per heavy atom. The summed E-state index contributed by atoms with van der Waals surface area (Å²) < 4.78 is 14.2. The second-order valence-corrected chi connectivity index (χ2v) is 5.91. The number of amides is 1. The topological polar surface area (TPSA) is 53.5 Å². The molecule has 1 aliphatic rings. The Bertz CT molecular complexity index is 660. The number of carbonyl (C=O) groups excluding carboxylic acids is 1. The van der Waals surface area contributed by atoms with Crippen molar-refractivity contribution in [3.05, 3.63) is 52.9 Å². The molecule has 23 heavy (non-hydrogen) atoms. The minimum absolute atomic E-state index is 0.0637. The van der Waals surface area contributed by atoms with Gasteiger partial charge in [0.25, 0.3) is 0 Å². The van der Waals surface area contributed by atoms with E-state index in [0.29, 0.717) is 23.7 Å². The minimum atomic E-state index is -0.655. The highest BCUT2D eigenvalue weighted by atomic mass is 35.5. The lowest BCUT2D eigenvalue weighted by atomic mass is 9.98. The maximum atomic E-state index is 14.2. The van der Waals surface area contributed by atoms with E-state index in [0.717, 1.165) is 0 Å². The molecule has 1 aliphatic heterocycles. The van der Waals surface area contributed by atoms with Crippen molar-refractivity contribution in [1.29, 1.82) is 0 Å². The number of aliphatic imine (C=N–C) groups is 1. The van der Waals surface area contributed by atoms with Gasteiger partial charge in [-0.2, -0.15) is 0 Å². The minimum Gasteiger partial charge on any atom is -0.325 e. The first-order valence-electron chi connectivity index (χ1n) is 7.01. The zero-order valence-corrected chi connectivity index (χ0v) is 13.7. The van der Waals surface area contributed by atoms with Gasteiger partial charge in [-0.3, -0.25) is 4.79 Å². The van der Waals surface area contributed by atoms with Crippen LogP contribution < -0.4 is 10.6 Å². The molecule has 2 atom stereocenters. The van der Waals surface area contributed by atoms with Crippen LogP contribution in [0.1, 0.15) is 6.42 Å². The van der Waals surface area contributed by atoms with Crippen LogP contribution in [0.3, 0.4) is 0 Å². The molecule has 1 heterocycles. The normalized spacial score (nSPS) is 21.6. The number of benzene rings is 1. The molecular formula is C16H16Cl2FN3O. The van der Waals surface area contributed by atoms with Crippen molar-refractivity contribution in [2.24, 2.45) is 10.9 Å². The van der Waals surface area contributed by atoms with Crippen LogP contribution in [0.15, 0.2) is 52.9 Å². The van der Waals surface area contributed by atoms with Crippen molar-refractivity contribution in [2.45, 2.75) is 12.5 Å². The van der Waals surface area contributed by atoms with Gasteiger partial charge in [-0.05, 0) is 37.2 Å². The van der Waals surface area contributed by atoms with Crippen LogP contribution >= 0.6 is 23.2 Å². The van der Waals surface area contributed by atoms with Gasteiger partial charge in [0.05, 0.1) is 6.04 Å². The van der Waals surface area contributed by atoms with Crippen LogP contribution in [-0.4, -0.2) is 24.7 Å². The van der Waals surface area contributed by atoms with E-state index in [1.165, 1.54) is 12.3 Å². The highest BCUT2D eigenvalue weighted by Gasteiger charge is 2.35. The molecule has 1 aromatic rings. The summed E-state index contributed by atoms with van der Waals surface area (Å²) in [5.41, 5.74) is 0.569. The fraction of sp³-hybridized carbons (Fsp3) is 0.250. The fourth-order valence-electron chi connectivity index (χ4n) is 2.37. The summed E-state index contributed by atoms with van der Waals surface area (Å²) in [4.78, 5) is 16.0. The van der Waals surface area contributed by atoms with Crippen LogP contribution in [0.2, 0.25) is 5.02 Å². The van der Waals surface area contributed by atoms with Crippen molar-refractivity contribution in [3.63, 3.8) is 0 Å². The van der Waals surface area contributed by atoms with Gasteiger partial charge in [0.2, 0.25) is 5.91 Å². The Balaban J connectivity index is 2.05. The van der Waals surface area contributed by atoms with Gasteiger partial charge in [-0.15, -0.1) is 0 Å². The molecule has 2 unspecified atom stereocenters. The Hall–Kier alpha value is -1.69. The summed E-state index contributed by atoms with van der Waals surface area (Å²) in [6.07, 6.45) is 2.95. The maximum absolute atomic E-state index is 14.2. The molecule has 1 fully saturated rings. The van der Waals surface area contributed by atoms with Crippen LogP contribution in [-0.2, 0) is 4.79 Å². The molecule has 2 rings (SSSR count). The van der Waals surface area contributed by atoms with Crippen molar-refractivity contribution in [1.82, 2.24) is 5.32 Å². The van der Waals surface area contributed by atoms with E-state index in [-0.39, 0.29) is 11.1 Å². The average molecular weight is 356 g/mol. The van der Waals surface area contributed by atoms with E-state index < -0.39 is 17.8 Å². The van der Waals surface area contributed by atoms with Crippen molar-refractivity contribution in [3.8, 4) is 0 Å². The summed E-state index contributed by atoms with van der Waals surface area (Å²) in [5, 5.41) is 6.32. The van der Waals surface area contributed by atoms with Gasteiger partial charge in [-0.1, -0.05) is 35.8 Å². The fourth-order valence-corrected chi connectivity index (χ4v) is 2.62. The lowest BCUT2D eigenvalue weighted by Gasteiger charge is -2.17. The third-order valence-corrected chi connectivity index (χ3v) is 3.73. The van der Waals surface area contributed by atoms with E-state index >= 15 is 0 Å². The van der Waals surface area contributed by atoms with Crippen LogP contribution in [0.5, 0.6) is 0 Å².